The molecular weight excluding hydrogens is 545 g/mol. The zero-order chi connectivity index (χ0) is 21.8. The summed E-state index contributed by atoms with van der Waals surface area (Å²) >= 11 is 9.45. The van der Waals surface area contributed by atoms with Gasteiger partial charge in [0.05, 0.1) is 8.48 Å². The number of nitrogens with zero attached hydrogens (tertiary/aromatic N) is 1. The zero-order valence-electron chi connectivity index (χ0n) is 17.0. The van der Waals surface area contributed by atoms with Gasteiger partial charge in [-0.05, 0) is 83.0 Å². The maximum atomic E-state index is 12.8. The molecule has 31 heavy (non-hydrogen) atoms. The molecule has 2 fully saturated rings. The van der Waals surface area contributed by atoms with E-state index < -0.39 is 0 Å². The highest BCUT2D eigenvalue weighted by Gasteiger charge is 2.36. The summed E-state index contributed by atoms with van der Waals surface area (Å²) in [6.45, 7) is 0.934. The van der Waals surface area contributed by atoms with Crippen molar-refractivity contribution in [1.29, 1.82) is 0 Å². The molecule has 0 bridgehead atoms. The van der Waals surface area contributed by atoms with Gasteiger partial charge in [0.15, 0.2) is 0 Å². The topological polar surface area (TPSA) is 46.6 Å². The van der Waals surface area contributed by atoms with Crippen LogP contribution in [0.3, 0.4) is 0 Å². The van der Waals surface area contributed by atoms with Crippen molar-refractivity contribution in [2.24, 2.45) is 5.92 Å². The third-order valence-corrected chi connectivity index (χ3v) is 7.75. The Morgan fingerprint density at radius 2 is 1.90 bits per heavy atom. The first-order valence-corrected chi connectivity index (χ1v) is 12.7. The van der Waals surface area contributed by atoms with E-state index in [2.05, 4.69) is 22.6 Å². The van der Waals surface area contributed by atoms with Crippen LogP contribution in [0.4, 0.5) is 4.79 Å². The fourth-order valence-electron chi connectivity index (χ4n) is 3.93. The standard InChI is InChI=1S/C24H23ClINO3S/c25-19-9-5-4-8-18(19)15-30-21-11-10-17(12-20(21)26)13-22-23(28)27(24(29)31-22)14-16-6-2-1-3-7-16/h4-5,8-13,16H,1-3,6-7,14-15H2/b22-13+. The van der Waals surface area contributed by atoms with E-state index in [1.54, 1.807) is 6.08 Å². The second-order valence-electron chi connectivity index (χ2n) is 7.87. The predicted molar refractivity (Wildman–Crippen MR) is 134 cm³/mol. The molecule has 0 unspecified atom stereocenters. The summed E-state index contributed by atoms with van der Waals surface area (Å²) in [6, 6.07) is 13.3. The third-order valence-electron chi connectivity index (χ3n) is 5.63. The maximum absolute atomic E-state index is 12.8. The summed E-state index contributed by atoms with van der Waals surface area (Å²) in [5.41, 5.74) is 1.80. The van der Waals surface area contributed by atoms with Crippen molar-refractivity contribution < 1.29 is 14.3 Å². The second-order valence-corrected chi connectivity index (χ2v) is 10.4. The van der Waals surface area contributed by atoms with E-state index in [0.717, 1.165) is 45.1 Å². The van der Waals surface area contributed by atoms with Crippen molar-refractivity contribution in [2.45, 2.75) is 38.7 Å². The van der Waals surface area contributed by atoms with Gasteiger partial charge in [-0.3, -0.25) is 14.5 Å². The van der Waals surface area contributed by atoms with Gasteiger partial charge in [-0.25, -0.2) is 0 Å². The molecule has 2 aromatic carbocycles. The van der Waals surface area contributed by atoms with Crippen LogP contribution in [0.1, 0.15) is 43.2 Å². The largest absolute Gasteiger partial charge is 0.488 e. The van der Waals surface area contributed by atoms with Crippen molar-refractivity contribution in [3.05, 3.63) is 67.1 Å². The Morgan fingerprint density at radius 3 is 2.65 bits per heavy atom. The molecule has 1 aliphatic carbocycles. The van der Waals surface area contributed by atoms with Gasteiger partial charge in [-0.15, -0.1) is 0 Å². The number of carbonyl (C=O) groups is 2. The minimum absolute atomic E-state index is 0.156. The van der Waals surface area contributed by atoms with Crippen molar-refractivity contribution in [3.8, 4) is 5.75 Å². The summed E-state index contributed by atoms with van der Waals surface area (Å²) < 4.78 is 6.85. The van der Waals surface area contributed by atoms with E-state index in [1.807, 2.05) is 42.5 Å². The highest BCUT2D eigenvalue weighted by Crippen LogP contribution is 2.35. The van der Waals surface area contributed by atoms with Crippen LogP contribution in [-0.2, 0) is 11.4 Å². The molecule has 162 valence electrons. The monoisotopic (exact) mass is 567 g/mol. The van der Waals surface area contributed by atoms with E-state index >= 15 is 0 Å². The van der Waals surface area contributed by atoms with Crippen LogP contribution < -0.4 is 4.74 Å². The Hall–Kier alpha value is -1.51. The number of rotatable bonds is 6. The lowest BCUT2D eigenvalue weighted by Gasteiger charge is -2.25. The van der Waals surface area contributed by atoms with Gasteiger partial charge >= 0.3 is 0 Å². The molecule has 0 spiro atoms. The Labute approximate surface area is 205 Å². The fraction of sp³-hybridized carbons (Fsp3) is 0.333. The molecule has 0 aromatic heterocycles. The summed E-state index contributed by atoms with van der Waals surface area (Å²) in [5.74, 6) is 1.02. The van der Waals surface area contributed by atoms with E-state index in [9.17, 15) is 9.59 Å². The van der Waals surface area contributed by atoms with Gasteiger partial charge in [0.1, 0.15) is 12.4 Å². The van der Waals surface area contributed by atoms with Gasteiger partial charge in [0.25, 0.3) is 11.1 Å². The van der Waals surface area contributed by atoms with Crippen LogP contribution in [0.15, 0.2) is 47.4 Å². The van der Waals surface area contributed by atoms with Crippen LogP contribution >= 0.6 is 46.0 Å². The molecule has 2 amide bonds. The number of benzene rings is 2. The van der Waals surface area contributed by atoms with Crippen LogP contribution in [0.25, 0.3) is 6.08 Å². The number of halogens is 2. The van der Waals surface area contributed by atoms with Crippen LogP contribution in [0, 0.1) is 9.49 Å². The minimum Gasteiger partial charge on any atom is -0.488 e. The minimum atomic E-state index is -0.172. The van der Waals surface area contributed by atoms with Crippen LogP contribution in [0.2, 0.25) is 5.02 Å². The van der Waals surface area contributed by atoms with E-state index in [0.29, 0.717) is 29.0 Å². The fourth-order valence-corrected chi connectivity index (χ4v) is 5.67. The number of hydrogen-bond donors (Lipinski definition) is 0. The number of hydrogen-bond acceptors (Lipinski definition) is 4. The average Bonchev–Trinajstić information content (AvgIpc) is 3.02. The van der Waals surface area contributed by atoms with E-state index in [1.165, 1.54) is 24.2 Å². The van der Waals surface area contributed by atoms with Gasteiger partial charge in [0, 0.05) is 17.1 Å². The maximum Gasteiger partial charge on any atom is 0.293 e. The van der Waals surface area contributed by atoms with Crippen molar-refractivity contribution >= 4 is 63.2 Å². The third kappa shape index (κ3) is 5.65. The molecule has 0 radical (unpaired) electrons. The molecule has 1 saturated carbocycles. The number of imide groups is 1. The normalized spacial score (nSPS) is 18.8. The average molecular weight is 568 g/mol. The smallest absolute Gasteiger partial charge is 0.293 e. The first-order chi connectivity index (χ1) is 15.0. The van der Waals surface area contributed by atoms with Crippen LogP contribution in [0.5, 0.6) is 5.75 Å². The molecule has 0 N–H and O–H groups in total. The lowest BCUT2D eigenvalue weighted by atomic mass is 9.89. The van der Waals surface area contributed by atoms with Gasteiger partial charge in [-0.2, -0.15) is 0 Å². The Bertz CT molecular complexity index is 1020. The number of ether oxygens (including phenoxy) is 1. The number of thioether (sulfide) groups is 1. The quantitative estimate of drug-likeness (QED) is 0.275. The number of amides is 2. The molecule has 1 aliphatic heterocycles. The summed E-state index contributed by atoms with van der Waals surface area (Å²) in [6.07, 6.45) is 7.66. The van der Waals surface area contributed by atoms with Gasteiger partial charge in [-0.1, -0.05) is 55.1 Å². The number of carbonyl (C=O) groups excluding carboxylic acids is 2. The SMILES string of the molecule is O=C1S/C(=C/c2ccc(OCc3ccccc3Cl)c(I)c2)C(=O)N1CC1CCCCC1. The van der Waals surface area contributed by atoms with E-state index in [-0.39, 0.29) is 11.1 Å². The Balaban J connectivity index is 1.42. The van der Waals surface area contributed by atoms with Crippen molar-refractivity contribution in [3.63, 3.8) is 0 Å². The lowest BCUT2D eigenvalue weighted by Crippen LogP contribution is -2.34. The summed E-state index contributed by atoms with van der Waals surface area (Å²) in [7, 11) is 0. The summed E-state index contributed by atoms with van der Waals surface area (Å²) in [4.78, 5) is 27.2. The van der Waals surface area contributed by atoms with Crippen molar-refractivity contribution in [2.75, 3.05) is 6.54 Å². The molecule has 2 aromatic rings. The molecular formula is C24H23ClINO3S. The lowest BCUT2D eigenvalue weighted by molar-refractivity contribution is -0.123. The van der Waals surface area contributed by atoms with E-state index in [4.69, 9.17) is 16.3 Å². The summed E-state index contributed by atoms with van der Waals surface area (Å²) in [5, 5.41) is 0.522. The first-order valence-electron chi connectivity index (χ1n) is 10.4. The molecule has 4 nitrogen and oxygen atoms in total. The van der Waals surface area contributed by atoms with Gasteiger partial charge < -0.3 is 4.74 Å². The second kappa shape index (κ2) is 10.4. The molecule has 0 atom stereocenters. The zero-order valence-corrected chi connectivity index (χ0v) is 20.7. The van der Waals surface area contributed by atoms with Crippen LogP contribution in [-0.4, -0.2) is 22.6 Å². The highest BCUT2D eigenvalue weighted by molar-refractivity contribution is 14.1. The highest BCUT2D eigenvalue weighted by atomic mass is 127. The molecule has 7 heteroatoms. The molecule has 2 aliphatic rings. The molecule has 1 saturated heterocycles. The predicted octanol–water partition coefficient (Wildman–Crippen LogP) is 7.14. The Kier molecular flexibility index (Phi) is 7.61. The van der Waals surface area contributed by atoms with Crippen molar-refractivity contribution in [1.82, 2.24) is 4.90 Å². The molecule has 1 heterocycles. The van der Waals surface area contributed by atoms with Gasteiger partial charge in [0.2, 0.25) is 0 Å². The Morgan fingerprint density at radius 1 is 1.13 bits per heavy atom. The molecule has 4 rings (SSSR count). The first kappa shape index (κ1) is 22.7.